The smallest absolute Gasteiger partial charge is 0.335 e. The summed E-state index contributed by atoms with van der Waals surface area (Å²) in [4.78, 5) is 31.3. The van der Waals surface area contributed by atoms with Crippen molar-refractivity contribution in [2.75, 3.05) is 23.3 Å². The van der Waals surface area contributed by atoms with Gasteiger partial charge in [0.2, 0.25) is 0 Å². The van der Waals surface area contributed by atoms with Gasteiger partial charge in [-0.3, -0.25) is 4.79 Å². The Morgan fingerprint density at radius 1 is 1.16 bits per heavy atom. The number of anilines is 2. The predicted molar refractivity (Wildman–Crippen MR) is 123 cm³/mol. The van der Waals surface area contributed by atoms with Gasteiger partial charge in [-0.15, -0.1) is 11.3 Å². The van der Waals surface area contributed by atoms with Crippen LogP contribution in [0.5, 0.6) is 0 Å². The van der Waals surface area contributed by atoms with Crippen LogP contribution < -0.4 is 10.2 Å². The summed E-state index contributed by atoms with van der Waals surface area (Å²) in [6.07, 6.45) is 5.66. The molecule has 0 spiro atoms. The molecule has 1 aromatic carbocycles. The third kappa shape index (κ3) is 4.80. The molecule has 1 amide bonds. The molecule has 3 heterocycles. The second-order valence-electron chi connectivity index (χ2n) is 7.99. The van der Waals surface area contributed by atoms with Crippen LogP contribution in [0.3, 0.4) is 0 Å². The van der Waals surface area contributed by atoms with Gasteiger partial charge in [-0.1, -0.05) is 0 Å². The Labute approximate surface area is 185 Å². The number of carboxylic acid groups (broad SMARTS) is 1. The van der Waals surface area contributed by atoms with Gasteiger partial charge in [0.05, 0.1) is 17.8 Å². The number of carbonyl (C=O) groups is 2. The normalized spacial score (nSPS) is 13.9. The summed E-state index contributed by atoms with van der Waals surface area (Å²) >= 11 is 1.66. The lowest BCUT2D eigenvalue weighted by molar-refractivity contribution is 0.0696. The summed E-state index contributed by atoms with van der Waals surface area (Å²) < 4.78 is 1.91. The molecule has 0 atom stereocenters. The van der Waals surface area contributed by atoms with Crippen molar-refractivity contribution in [2.45, 2.75) is 39.7 Å². The minimum absolute atomic E-state index is 0.227. The van der Waals surface area contributed by atoms with Crippen molar-refractivity contribution in [1.82, 2.24) is 9.55 Å². The number of benzene rings is 1. The summed E-state index contributed by atoms with van der Waals surface area (Å²) in [6, 6.07) is 6.65. The van der Waals surface area contributed by atoms with Crippen LogP contribution in [0.1, 0.15) is 56.9 Å². The van der Waals surface area contributed by atoms with Crippen molar-refractivity contribution >= 4 is 34.0 Å². The van der Waals surface area contributed by atoms with Crippen molar-refractivity contribution in [3.63, 3.8) is 0 Å². The molecule has 1 fully saturated rings. The Bertz CT molecular complexity index is 1110. The number of aromatic nitrogens is 2. The number of hydrogen-bond donors (Lipinski definition) is 2. The minimum Gasteiger partial charge on any atom is -0.478 e. The number of carbonyl (C=O) groups excluding carboxylic acids is 1. The average molecular weight is 439 g/mol. The number of nitrogens with one attached hydrogen (secondary N) is 1. The zero-order chi connectivity index (χ0) is 22.0. The van der Waals surface area contributed by atoms with Crippen molar-refractivity contribution < 1.29 is 14.7 Å². The lowest BCUT2D eigenvalue weighted by Gasteiger charge is -2.25. The predicted octanol–water partition coefficient (Wildman–Crippen LogP) is 4.55. The fourth-order valence-corrected chi connectivity index (χ4v) is 4.80. The van der Waals surface area contributed by atoms with Crippen LogP contribution in [0, 0.1) is 13.8 Å². The van der Waals surface area contributed by atoms with E-state index in [0.29, 0.717) is 23.5 Å². The topological polar surface area (TPSA) is 87.5 Å². The SMILES string of the molecule is Cc1cc(C(=O)Nc2ccc(C(=O)O)c(C)c2)n(Cc2csc(N3CCCCC3)n2)c1. The zero-order valence-corrected chi connectivity index (χ0v) is 18.5. The maximum atomic E-state index is 12.9. The van der Waals surface area contributed by atoms with Gasteiger partial charge in [-0.2, -0.15) is 0 Å². The van der Waals surface area contributed by atoms with Crippen LogP contribution in [0.2, 0.25) is 0 Å². The Morgan fingerprint density at radius 3 is 2.65 bits per heavy atom. The molecule has 162 valence electrons. The zero-order valence-electron chi connectivity index (χ0n) is 17.7. The van der Waals surface area contributed by atoms with Gasteiger partial charge in [0.15, 0.2) is 5.13 Å². The van der Waals surface area contributed by atoms with Crippen LogP contribution in [-0.4, -0.2) is 39.6 Å². The number of amides is 1. The van der Waals surface area contributed by atoms with Crippen molar-refractivity contribution in [3.05, 3.63) is 63.9 Å². The maximum Gasteiger partial charge on any atom is 0.335 e. The number of nitrogens with zero attached hydrogens (tertiary/aromatic N) is 3. The van der Waals surface area contributed by atoms with Gasteiger partial charge in [0.25, 0.3) is 5.91 Å². The van der Waals surface area contributed by atoms with Gasteiger partial charge in [-0.05, 0) is 68.5 Å². The molecule has 8 heteroatoms. The van der Waals surface area contributed by atoms with Crippen LogP contribution in [-0.2, 0) is 6.54 Å². The molecule has 1 saturated heterocycles. The molecule has 1 aliphatic rings. The summed E-state index contributed by atoms with van der Waals surface area (Å²) in [7, 11) is 0. The summed E-state index contributed by atoms with van der Waals surface area (Å²) in [5.74, 6) is -1.21. The number of carboxylic acids is 1. The Balaban J connectivity index is 1.49. The van der Waals surface area contributed by atoms with E-state index in [1.807, 2.05) is 23.8 Å². The van der Waals surface area contributed by atoms with Crippen LogP contribution in [0.25, 0.3) is 0 Å². The lowest BCUT2D eigenvalue weighted by Crippen LogP contribution is -2.29. The second kappa shape index (κ2) is 8.93. The highest BCUT2D eigenvalue weighted by atomic mass is 32.1. The van der Waals surface area contributed by atoms with Gasteiger partial charge in [-0.25, -0.2) is 9.78 Å². The first-order chi connectivity index (χ1) is 14.9. The fraction of sp³-hybridized carbons (Fsp3) is 0.348. The molecule has 0 aliphatic carbocycles. The number of thiazole rings is 1. The highest BCUT2D eigenvalue weighted by molar-refractivity contribution is 7.13. The largest absolute Gasteiger partial charge is 0.478 e. The molecule has 31 heavy (non-hydrogen) atoms. The van der Waals surface area contributed by atoms with E-state index in [4.69, 9.17) is 4.98 Å². The number of aryl methyl sites for hydroxylation is 2. The molecule has 0 radical (unpaired) electrons. The Hall–Kier alpha value is -3.13. The van der Waals surface area contributed by atoms with E-state index >= 15 is 0 Å². The second-order valence-corrected chi connectivity index (χ2v) is 8.83. The number of hydrogen-bond acceptors (Lipinski definition) is 5. The first-order valence-electron chi connectivity index (χ1n) is 10.4. The number of rotatable bonds is 6. The van der Waals surface area contributed by atoms with E-state index in [2.05, 4.69) is 15.6 Å². The number of piperidine rings is 1. The van der Waals surface area contributed by atoms with Crippen molar-refractivity contribution in [2.24, 2.45) is 0 Å². The summed E-state index contributed by atoms with van der Waals surface area (Å²) in [5.41, 5.74) is 3.88. The molecule has 3 aromatic rings. The van der Waals surface area contributed by atoms with Crippen LogP contribution in [0.4, 0.5) is 10.8 Å². The van der Waals surface area contributed by atoms with E-state index in [0.717, 1.165) is 29.5 Å². The summed E-state index contributed by atoms with van der Waals surface area (Å²) in [6.45, 7) is 6.32. The Kier molecular flexibility index (Phi) is 6.08. The molecular formula is C23H26N4O3S. The van der Waals surface area contributed by atoms with Gasteiger partial charge < -0.3 is 19.9 Å². The van der Waals surface area contributed by atoms with E-state index in [-0.39, 0.29) is 11.5 Å². The van der Waals surface area contributed by atoms with Crippen molar-refractivity contribution in [1.29, 1.82) is 0 Å². The van der Waals surface area contributed by atoms with E-state index < -0.39 is 5.97 Å². The average Bonchev–Trinajstić information content (AvgIpc) is 3.35. The molecule has 2 aromatic heterocycles. The van der Waals surface area contributed by atoms with Gasteiger partial charge in [0, 0.05) is 30.4 Å². The number of aromatic carboxylic acids is 1. The van der Waals surface area contributed by atoms with E-state index in [9.17, 15) is 14.7 Å². The van der Waals surface area contributed by atoms with Crippen LogP contribution in [0.15, 0.2) is 35.8 Å². The van der Waals surface area contributed by atoms with Gasteiger partial charge in [0.1, 0.15) is 5.69 Å². The lowest BCUT2D eigenvalue weighted by atomic mass is 10.1. The molecule has 0 saturated carbocycles. The van der Waals surface area contributed by atoms with Crippen LogP contribution >= 0.6 is 11.3 Å². The highest BCUT2D eigenvalue weighted by Gasteiger charge is 2.17. The first-order valence-corrected chi connectivity index (χ1v) is 11.3. The molecule has 0 unspecified atom stereocenters. The Morgan fingerprint density at radius 2 is 1.94 bits per heavy atom. The molecule has 1 aliphatic heterocycles. The molecular weight excluding hydrogens is 412 g/mol. The van der Waals surface area contributed by atoms with Gasteiger partial charge >= 0.3 is 5.97 Å². The maximum absolute atomic E-state index is 12.9. The van der Waals surface area contributed by atoms with E-state index in [1.54, 1.807) is 30.4 Å². The molecule has 7 nitrogen and oxygen atoms in total. The quantitative estimate of drug-likeness (QED) is 0.590. The third-order valence-electron chi connectivity index (χ3n) is 5.48. The third-order valence-corrected chi connectivity index (χ3v) is 6.43. The fourth-order valence-electron chi connectivity index (χ4n) is 3.93. The minimum atomic E-state index is -0.980. The van der Waals surface area contributed by atoms with E-state index in [1.165, 1.54) is 25.3 Å². The first kappa shape index (κ1) is 21.1. The standard InChI is InChI=1S/C23H26N4O3S/c1-15-10-20(21(28)24-17-6-7-19(22(29)30)16(2)11-17)27(12-15)13-18-14-31-23(25-18)26-8-4-3-5-9-26/h6-7,10-12,14H,3-5,8-9,13H2,1-2H3,(H,24,28)(H,29,30). The van der Waals surface area contributed by atoms with Crippen molar-refractivity contribution in [3.8, 4) is 0 Å². The monoisotopic (exact) mass is 438 g/mol. The summed E-state index contributed by atoms with van der Waals surface area (Å²) in [5, 5.41) is 15.2. The molecule has 2 N–H and O–H groups in total. The molecule has 4 rings (SSSR count). The highest BCUT2D eigenvalue weighted by Crippen LogP contribution is 2.25. The molecule has 0 bridgehead atoms.